The number of carbonyl (C=O) groups is 2. The van der Waals surface area contributed by atoms with Crippen molar-refractivity contribution in [3.05, 3.63) is 65.9 Å². The largest absolute Gasteiger partial charge is 0.491 e. The number of aryl methyl sites for hydroxylation is 2. The smallest absolute Gasteiger partial charge is 0.246 e. The summed E-state index contributed by atoms with van der Waals surface area (Å²) >= 11 is 0. The zero-order chi connectivity index (χ0) is 22.1. The molecule has 0 saturated carbocycles. The van der Waals surface area contributed by atoms with E-state index in [1.165, 1.54) is 23.3 Å². The lowest BCUT2D eigenvalue weighted by Gasteiger charge is -2.31. The summed E-state index contributed by atoms with van der Waals surface area (Å²) in [5.41, 5.74) is 9.78. The number of rotatable bonds is 5. The molecule has 3 heterocycles. The van der Waals surface area contributed by atoms with Gasteiger partial charge in [0, 0.05) is 12.8 Å². The van der Waals surface area contributed by atoms with E-state index in [0.717, 1.165) is 22.5 Å². The summed E-state index contributed by atoms with van der Waals surface area (Å²) in [6.07, 6.45) is 3.67. The van der Waals surface area contributed by atoms with Crippen molar-refractivity contribution in [2.45, 2.75) is 25.7 Å². The number of benzene rings is 2. The lowest BCUT2D eigenvalue weighted by atomic mass is 10.0. The van der Waals surface area contributed by atoms with Crippen LogP contribution in [0.4, 0.5) is 23.1 Å². The molecule has 1 aromatic heterocycles. The molecule has 0 unspecified atom stereocenters. The summed E-state index contributed by atoms with van der Waals surface area (Å²) in [5.74, 6) is 0.748. The van der Waals surface area contributed by atoms with Crippen LogP contribution in [0.2, 0.25) is 0 Å². The number of nitrogens with one attached hydrogen (secondary N) is 2. The highest BCUT2D eigenvalue weighted by Gasteiger charge is 2.27. The number of hydrogen-bond donors (Lipinski definition) is 2. The van der Waals surface area contributed by atoms with E-state index in [2.05, 4.69) is 20.8 Å². The van der Waals surface area contributed by atoms with Gasteiger partial charge in [-0.05, 0) is 36.1 Å². The molecule has 9 nitrogen and oxygen atoms in total. The first-order valence-electron chi connectivity index (χ1n) is 10.4. The molecular weight excluding hydrogens is 408 g/mol. The van der Waals surface area contributed by atoms with E-state index >= 15 is 0 Å². The highest BCUT2D eigenvalue weighted by Crippen LogP contribution is 2.31. The van der Waals surface area contributed by atoms with Crippen LogP contribution in [0.25, 0.3) is 0 Å². The summed E-state index contributed by atoms with van der Waals surface area (Å²) in [6, 6.07) is 15.4. The van der Waals surface area contributed by atoms with E-state index in [1.54, 1.807) is 0 Å². The maximum atomic E-state index is 12.7. The number of methoxy groups -OCH3 is 1. The first-order chi connectivity index (χ1) is 15.6. The van der Waals surface area contributed by atoms with Crippen LogP contribution in [0, 0.1) is 0 Å². The van der Waals surface area contributed by atoms with E-state index in [4.69, 9.17) is 4.74 Å². The molecule has 0 saturated heterocycles. The molecule has 0 aliphatic carbocycles. The quantitative estimate of drug-likeness (QED) is 0.642. The van der Waals surface area contributed by atoms with Gasteiger partial charge in [0.05, 0.1) is 24.7 Å². The zero-order valence-electron chi connectivity index (χ0n) is 17.5. The van der Waals surface area contributed by atoms with E-state index in [9.17, 15) is 9.59 Å². The van der Waals surface area contributed by atoms with Crippen LogP contribution >= 0.6 is 0 Å². The molecule has 2 N–H and O–H groups in total. The number of amides is 2. The number of hydrogen-bond acceptors (Lipinski definition) is 7. The maximum Gasteiger partial charge on any atom is 0.246 e. The summed E-state index contributed by atoms with van der Waals surface area (Å²) in [5, 5.41) is 2.95. The van der Waals surface area contributed by atoms with Crippen molar-refractivity contribution in [3.63, 3.8) is 0 Å². The van der Waals surface area contributed by atoms with Gasteiger partial charge in [0.2, 0.25) is 17.8 Å². The minimum atomic E-state index is -0.0715. The molecule has 0 bridgehead atoms. The number of nitrogens with zero attached hydrogens (tertiary/aromatic N) is 4. The predicted octanol–water partition coefficient (Wildman–Crippen LogP) is 3.10. The number of hydrazine groups is 2. The van der Waals surface area contributed by atoms with Crippen molar-refractivity contribution >= 4 is 35.0 Å². The lowest BCUT2D eigenvalue weighted by Crippen LogP contribution is -2.41. The van der Waals surface area contributed by atoms with Gasteiger partial charge < -0.3 is 4.74 Å². The molecule has 9 heteroatoms. The van der Waals surface area contributed by atoms with E-state index in [0.29, 0.717) is 37.3 Å². The molecule has 2 aliphatic heterocycles. The van der Waals surface area contributed by atoms with Gasteiger partial charge in [-0.2, -0.15) is 4.98 Å². The van der Waals surface area contributed by atoms with Crippen molar-refractivity contribution in [3.8, 4) is 5.75 Å². The molecule has 32 heavy (non-hydrogen) atoms. The van der Waals surface area contributed by atoms with Crippen LogP contribution in [-0.4, -0.2) is 28.9 Å². The molecule has 2 aromatic carbocycles. The second-order valence-corrected chi connectivity index (χ2v) is 7.55. The number of fused-ring (bicyclic) bond motifs is 2. The van der Waals surface area contributed by atoms with Crippen LogP contribution in [0.5, 0.6) is 5.75 Å². The maximum absolute atomic E-state index is 12.7. The number of anilines is 4. The number of ether oxygens (including phenoxy) is 1. The monoisotopic (exact) mass is 430 g/mol. The van der Waals surface area contributed by atoms with E-state index < -0.39 is 0 Å². The summed E-state index contributed by atoms with van der Waals surface area (Å²) in [6.45, 7) is 0. The van der Waals surface area contributed by atoms with Crippen LogP contribution in [-0.2, 0) is 22.4 Å². The van der Waals surface area contributed by atoms with Gasteiger partial charge in [-0.25, -0.2) is 15.0 Å². The van der Waals surface area contributed by atoms with Gasteiger partial charge in [0.25, 0.3) is 0 Å². The van der Waals surface area contributed by atoms with Gasteiger partial charge >= 0.3 is 0 Å². The Morgan fingerprint density at radius 1 is 0.812 bits per heavy atom. The fourth-order valence-corrected chi connectivity index (χ4v) is 3.96. The molecule has 0 fully saturated rings. The second kappa shape index (κ2) is 8.18. The fourth-order valence-electron chi connectivity index (χ4n) is 3.96. The van der Waals surface area contributed by atoms with E-state index in [1.807, 2.05) is 48.5 Å². The average Bonchev–Trinajstić information content (AvgIpc) is 2.83. The number of aromatic nitrogens is 2. The molecule has 162 valence electrons. The third-order valence-corrected chi connectivity index (χ3v) is 5.58. The highest BCUT2D eigenvalue weighted by molar-refractivity contribution is 5.99. The Labute approximate surface area is 185 Å². The SMILES string of the molecule is COc1cnc(NN2C(=O)CCc3ccccc32)nc1NN1C(=O)CCc2ccccc21. The van der Waals surface area contributed by atoms with Crippen molar-refractivity contribution in [1.82, 2.24) is 9.97 Å². The van der Waals surface area contributed by atoms with Crippen LogP contribution < -0.4 is 25.6 Å². The van der Waals surface area contributed by atoms with Crippen molar-refractivity contribution in [2.24, 2.45) is 0 Å². The van der Waals surface area contributed by atoms with Gasteiger partial charge in [-0.3, -0.25) is 20.4 Å². The molecule has 2 amide bonds. The third-order valence-electron chi connectivity index (χ3n) is 5.58. The van der Waals surface area contributed by atoms with Crippen LogP contribution in [0.15, 0.2) is 54.7 Å². The lowest BCUT2D eigenvalue weighted by molar-refractivity contribution is -0.119. The fraction of sp³-hybridized carbons (Fsp3) is 0.217. The standard InChI is InChI=1S/C23H22N6O3/c1-32-19-14-24-23(27-29-18-9-5-3-7-16(18)11-13-21(29)31)25-22(19)26-28-17-8-4-2-6-15(17)10-12-20(28)30/h2-9,14H,10-13H2,1H3,(H2,24,25,26,27). The van der Waals surface area contributed by atoms with Gasteiger partial charge in [-0.1, -0.05) is 36.4 Å². The van der Waals surface area contributed by atoms with Crippen LogP contribution in [0.3, 0.4) is 0 Å². The van der Waals surface area contributed by atoms with Crippen molar-refractivity contribution in [1.29, 1.82) is 0 Å². The van der Waals surface area contributed by atoms with Crippen molar-refractivity contribution < 1.29 is 14.3 Å². The summed E-state index contributed by atoms with van der Waals surface area (Å²) in [4.78, 5) is 34.0. The second-order valence-electron chi connectivity index (χ2n) is 7.55. The van der Waals surface area contributed by atoms with Crippen LogP contribution in [0.1, 0.15) is 24.0 Å². The molecule has 0 radical (unpaired) electrons. The Morgan fingerprint density at radius 2 is 1.38 bits per heavy atom. The summed E-state index contributed by atoms with van der Waals surface area (Å²) in [7, 11) is 1.51. The molecule has 3 aromatic rings. The zero-order valence-corrected chi connectivity index (χ0v) is 17.5. The minimum absolute atomic E-state index is 0.0704. The van der Waals surface area contributed by atoms with E-state index in [-0.39, 0.29) is 17.8 Å². The normalized spacial score (nSPS) is 15.2. The molecule has 5 rings (SSSR count). The Bertz CT molecular complexity index is 1200. The molecular formula is C23H22N6O3. The number of para-hydroxylation sites is 2. The Morgan fingerprint density at radius 3 is 1.97 bits per heavy atom. The number of carbonyl (C=O) groups excluding carboxylic acids is 2. The highest BCUT2D eigenvalue weighted by atomic mass is 16.5. The Kier molecular flexibility index (Phi) is 5.06. The first-order valence-corrected chi connectivity index (χ1v) is 10.4. The minimum Gasteiger partial charge on any atom is -0.491 e. The summed E-state index contributed by atoms with van der Waals surface area (Å²) < 4.78 is 5.40. The van der Waals surface area contributed by atoms with Gasteiger partial charge in [0.15, 0.2) is 11.6 Å². The van der Waals surface area contributed by atoms with Crippen molar-refractivity contribution in [2.75, 3.05) is 28.0 Å². The topological polar surface area (TPSA) is 99.7 Å². The third kappa shape index (κ3) is 3.58. The Balaban J connectivity index is 1.46. The molecule has 0 atom stereocenters. The Hall–Kier alpha value is -4.14. The van der Waals surface area contributed by atoms with Gasteiger partial charge in [-0.15, -0.1) is 0 Å². The predicted molar refractivity (Wildman–Crippen MR) is 120 cm³/mol. The molecule has 2 aliphatic rings. The first kappa shape index (κ1) is 19.8. The van der Waals surface area contributed by atoms with Gasteiger partial charge in [0.1, 0.15) is 0 Å². The molecule has 0 spiro atoms. The average molecular weight is 430 g/mol.